The molecule has 0 amide bonds. The first-order valence-corrected chi connectivity index (χ1v) is 13.9. The molecule has 1 atom stereocenters. The minimum atomic E-state index is -1.26. The summed E-state index contributed by atoms with van der Waals surface area (Å²) in [6.07, 6.45) is 3.13. The third-order valence-electron chi connectivity index (χ3n) is 5.76. The number of piperazine rings is 1. The van der Waals surface area contributed by atoms with Crippen LogP contribution in [0.15, 0.2) is 64.4 Å². The number of halogens is 3. The highest BCUT2D eigenvalue weighted by atomic mass is 35.5. The van der Waals surface area contributed by atoms with Crippen molar-refractivity contribution in [2.45, 2.75) is 22.3 Å². The smallest absolute Gasteiger partial charge is 0.328 e. The van der Waals surface area contributed by atoms with Crippen molar-refractivity contribution in [1.82, 2.24) is 9.80 Å². The molecule has 41 heavy (non-hydrogen) atoms. The average molecular weight is 646 g/mol. The SMILES string of the molecule is CN1CCN(C2Cc3cc(Cl)cc(Cl)c3Sc3ccc(Cl)cc32)CC1.O=C(O)/C=C\C(=O)O.O=C(O)/C=C\C(=O)O. The minimum absolute atomic E-state index is 0.297. The van der Waals surface area contributed by atoms with Crippen molar-refractivity contribution in [2.75, 3.05) is 33.2 Å². The Balaban J connectivity index is 0.000000304. The van der Waals surface area contributed by atoms with Crippen molar-refractivity contribution in [3.63, 3.8) is 0 Å². The largest absolute Gasteiger partial charge is 0.478 e. The first-order chi connectivity index (χ1) is 19.3. The first kappa shape index (κ1) is 34.1. The number of rotatable bonds is 5. The van der Waals surface area contributed by atoms with Crippen molar-refractivity contribution in [3.05, 3.63) is 80.8 Å². The van der Waals surface area contributed by atoms with E-state index in [4.69, 9.17) is 55.2 Å². The summed E-state index contributed by atoms with van der Waals surface area (Å²) in [6, 6.07) is 10.4. The van der Waals surface area contributed by atoms with Gasteiger partial charge in [-0.3, -0.25) is 4.90 Å². The van der Waals surface area contributed by atoms with Crippen LogP contribution in [-0.4, -0.2) is 87.3 Å². The van der Waals surface area contributed by atoms with E-state index in [-0.39, 0.29) is 0 Å². The van der Waals surface area contributed by atoms with Gasteiger partial charge in [-0.1, -0.05) is 46.6 Å². The number of aliphatic carboxylic acids is 4. The summed E-state index contributed by atoms with van der Waals surface area (Å²) >= 11 is 20.9. The maximum absolute atomic E-state index is 9.55. The van der Waals surface area contributed by atoms with E-state index in [0.717, 1.165) is 47.5 Å². The van der Waals surface area contributed by atoms with E-state index < -0.39 is 23.9 Å². The maximum Gasteiger partial charge on any atom is 0.328 e. The molecular formula is C27H27Cl3N2O8S. The molecule has 0 aromatic heterocycles. The molecule has 1 saturated heterocycles. The zero-order valence-corrected chi connectivity index (χ0v) is 24.8. The van der Waals surface area contributed by atoms with Crippen LogP contribution in [0.25, 0.3) is 0 Å². The third kappa shape index (κ3) is 11.8. The van der Waals surface area contributed by atoms with Crippen LogP contribution >= 0.6 is 46.6 Å². The quantitative estimate of drug-likeness (QED) is 0.322. The lowest BCUT2D eigenvalue weighted by Crippen LogP contribution is -2.46. The van der Waals surface area contributed by atoms with Crippen molar-refractivity contribution in [1.29, 1.82) is 0 Å². The average Bonchev–Trinajstić information content (AvgIpc) is 3.04. The fraction of sp³-hybridized carbons (Fsp3) is 0.259. The number of benzene rings is 2. The molecule has 0 radical (unpaired) electrons. The minimum Gasteiger partial charge on any atom is -0.478 e. The van der Waals surface area contributed by atoms with Crippen LogP contribution in [-0.2, 0) is 25.6 Å². The molecule has 2 aliphatic heterocycles. The van der Waals surface area contributed by atoms with Gasteiger partial charge in [0, 0.05) is 76.4 Å². The molecule has 2 heterocycles. The molecule has 2 aliphatic rings. The van der Waals surface area contributed by atoms with E-state index in [0.29, 0.717) is 35.4 Å². The number of hydrogen-bond acceptors (Lipinski definition) is 7. The van der Waals surface area contributed by atoms with Crippen LogP contribution in [0.2, 0.25) is 15.1 Å². The zero-order chi connectivity index (χ0) is 30.7. The van der Waals surface area contributed by atoms with Crippen LogP contribution in [0.5, 0.6) is 0 Å². The lowest BCUT2D eigenvalue weighted by Gasteiger charge is -2.38. The first-order valence-electron chi connectivity index (χ1n) is 11.9. The molecule has 4 rings (SSSR count). The highest BCUT2D eigenvalue weighted by molar-refractivity contribution is 7.99. The monoisotopic (exact) mass is 644 g/mol. The van der Waals surface area contributed by atoms with E-state index in [1.165, 1.54) is 16.0 Å². The Morgan fingerprint density at radius 2 is 1.29 bits per heavy atom. The van der Waals surface area contributed by atoms with Gasteiger partial charge in [-0.15, -0.1) is 0 Å². The normalized spacial score (nSPS) is 16.8. The summed E-state index contributed by atoms with van der Waals surface area (Å²) in [4.78, 5) is 45.5. The molecular weight excluding hydrogens is 619 g/mol. The van der Waals surface area contributed by atoms with E-state index in [1.807, 2.05) is 12.1 Å². The van der Waals surface area contributed by atoms with Gasteiger partial charge in [0.25, 0.3) is 0 Å². The molecule has 2 aromatic carbocycles. The molecule has 1 unspecified atom stereocenters. The number of likely N-dealkylation sites (N-methyl/N-ethyl adjacent to an activating group) is 1. The maximum atomic E-state index is 9.55. The Hall–Kier alpha value is -3.06. The molecule has 10 nitrogen and oxygen atoms in total. The van der Waals surface area contributed by atoms with Gasteiger partial charge in [0.2, 0.25) is 0 Å². The highest BCUT2D eigenvalue weighted by Gasteiger charge is 2.30. The Morgan fingerprint density at radius 3 is 1.78 bits per heavy atom. The van der Waals surface area contributed by atoms with Gasteiger partial charge in [-0.2, -0.15) is 0 Å². The van der Waals surface area contributed by atoms with Crippen LogP contribution in [0.3, 0.4) is 0 Å². The van der Waals surface area contributed by atoms with Crippen LogP contribution < -0.4 is 0 Å². The van der Waals surface area contributed by atoms with Crippen molar-refractivity contribution in [2.24, 2.45) is 0 Å². The van der Waals surface area contributed by atoms with E-state index in [9.17, 15) is 19.2 Å². The number of hydrogen-bond donors (Lipinski definition) is 4. The van der Waals surface area contributed by atoms with Gasteiger partial charge < -0.3 is 25.3 Å². The van der Waals surface area contributed by atoms with E-state index in [1.54, 1.807) is 11.8 Å². The lowest BCUT2D eigenvalue weighted by molar-refractivity contribution is -0.134. The lowest BCUT2D eigenvalue weighted by atomic mass is 9.96. The Bertz CT molecular complexity index is 1280. The summed E-state index contributed by atoms with van der Waals surface area (Å²) < 4.78 is 0. The third-order valence-corrected chi connectivity index (χ3v) is 7.90. The zero-order valence-electron chi connectivity index (χ0n) is 21.7. The van der Waals surface area contributed by atoms with Gasteiger partial charge in [0.1, 0.15) is 0 Å². The standard InChI is InChI=1S/C19H19Cl3N2S.2C4H4O4/c1-23-4-6-24(7-5-23)17-9-12-8-14(21)11-16(22)19(12)25-18-3-2-13(20)10-15(17)18;2*5-3(6)1-2-4(7)8/h2-3,8,10-11,17H,4-7,9H2,1H3;2*1-2H,(H,5,6)(H,7,8)/b;2*2-1-. The number of nitrogens with zero attached hydrogens (tertiary/aromatic N) is 2. The van der Waals surface area contributed by atoms with Gasteiger partial charge in [0.05, 0.1) is 5.02 Å². The second-order valence-corrected chi connectivity index (χ2v) is 11.1. The number of carboxylic acid groups (broad SMARTS) is 4. The summed E-state index contributed by atoms with van der Waals surface area (Å²) in [5, 5.41) is 33.5. The van der Waals surface area contributed by atoms with Crippen LogP contribution in [0.1, 0.15) is 17.2 Å². The van der Waals surface area contributed by atoms with Crippen molar-refractivity contribution in [3.8, 4) is 0 Å². The molecule has 0 spiro atoms. The van der Waals surface area contributed by atoms with Crippen molar-refractivity contribution >= 4 is 70.4 Å². The Morgan fingerprint density at radius 1 is 0.780 bits per heavy atom. The molecule has 2 aromatic rings. The van der Waals surface area contributed by atoms with Gasteiger partial charge in [0.15, 0.2) is 0 Å². The Labute approximate surface area is 255 Å². The fourth-order valence-corrected chi connectivity index (χ4v) is 5.86. The van der Waals surface area contributed by atoms with Crippen LogP contribution in [0.4, 0.5) is 0 Å². The number of carboxylic acids is 4. The molecule has 220 valence electrons. The second kappa shape index (κ2) is 16.4. The van der Waals surface area contributed by atoms with Crippen molar-refractivity contribution < 1.29 is 39.6 Å². The Kier molecular flexibility index (Phi) is 13.7. The predicted molar refractivity (Wildman–Crippen MR) is 156 cm³/mol. The summed E-state index contributed by atoms with van der Waals surface area (Å²) in [7, 11) is 2.18. The highest BCUT2D eigenvalue weighted by Crippen LogP contribution is 2.47. The fourth-order valence-electron chi connectivity index (χ4n) is 3.93. The molecule has 0 saturated carbocycles. The van der Waals surface area contributed by atoms with E-state index in [2.05, 4.69) is 35.0 Å². The molecule has 0 aliphatic carbocycles. The summed E-state index contributed by atoms with van der Waals surface area (Å²) in [6.45, 7) is 4.29. The molecule has 1 fully saturated rings. The summed E-state index contributed by atoms with van der Waals surface area (Å²) in [5.41, 5.74) is 2.52. The topological polar surface area (TPSA) is 156 Å². The number of fused-ring (bicyclic) bond motifs is 2. The number of carbonyl (C=O) groups is 4. The second-order valence-electron chi connectivity index (χ2n) is 8.74. The predicted octanol–water partition coefficient (Wildman–Crippen LogP) is 5.07. The summed E-state index contributed by atoms with van der Waals surface area (Å²) in [5.74, 6) is -5.03. The molecule has 14 heteroatoms. The van der Waals surface area contributed by atoms with Crippen LogP contribution in [0, 0.1) is 0 Å². The van der Waals surface area contributed by atoms with E-state index >= 15 is 0 Å². The molecule has 4 N–H and O–H groups in total. The molecule has 0 bridgehead atoms. The van der Waals surface area contributed by atoms with Gasteiger partial charge >= 0.3 is 23.9 Å². The van der Waals surface area contributed by atoms with Gasteiger partial charge in [-0.05, 0) is 54.9 Å². The van der Waals surface area contributed by atoms with Gasteiger partial charge in [-0.25, -0.2) is 19.2 Å².